The van der Waals surface area contributed by atoms with E-state index < -0.39 is 0 Å². The lowest BCUT2D eigenvalue weighted by molar-refractivity contribution is 0.828. The maximum atomic E-state index is 3.48. The zero-order valence-electron chi connectivity index (χ0n) is 10.6. The number of unbranched alkanes of at least 4 members (excludes halogenated alkanes) is 2. The molecule has 0 heterocycles. The van der Waals surface area contributed by atoms with Crippen molar-refractivity contribution in [2.45, 2.75) is 39.5 Å². The summed E-state index contributed by atoms with van der Waals surface area (Å²) >= 11 is 0. The minimum Gasteiger partial charge on any atom is -0.383 e. The van der Waals surface area contributed by atoms with Crippen molar-refractivity contribution < 1.29 is 0 Å². The molecule has 2 N–H and O–H groups in total. The maximum absolute atomic E-state index is 3.48. The molecule has 0 amide bonds. The van der Waals surface area contributed by atoms with Crippen LogP contribution in [0.4, 0.5) is 11.4 Å². The normalized spacial score (nSPS) is 10.1. The van der Waals surface area contributed by atoms with E-state index in [0.29, 0.717) is 0 Å². The van der Waals surface area contributed by atoms with Crippen LogP contribution in [0.3, 0.4) is 0 Å². The fraction of sp³-hybridized carbons (Fsp3) is 0.571. The summed E-state index contributed by atoms with van der Waals surface area (Å²) in [5.41, 5.74) is 2.46. The van der Waals surface area contributed by atoms with Gasteiger partial charge in [0.25, 0.3) is 0 Å². The SMILES string of the molecule is CCCCNc1ccccc1NCCCC. The molecule has 0 aliphatic heterocycles. The Morgan fingerprint density at radius 2 is 1.25 bits per heavy atom. The van der Waals surface area contributed by atoms with Crippen LogP contribution >= 0.6 is 0 Å². The fourth-order valence-corrected chi connectivity index (χ4v) is 1.59. The molecule has 1 rings (SSSR count). The Hall–Kier alpha value is -1.18. The third-order valence-corrected chi connectivity index (χ3v) is 2.62. The first-order chi connectivity index (χ1) is 7.88. The summed E-state index contributed by atoms with van der Waals surface area (Å²) in [5, 5.41) is 6.96. The molecule has 0 saturated carbocycles. The molecule has 0 unspecified atom stereocenters. The van der Waals surface area contributed by atoms with E-state index >= 15 is 0 Å². The second kappa shape index (κ2) is 8.03. The van der Waals surface area contributed by atoms with Crippen molar-refractivity contribution in [3.05, 3.63) is 24.3 Å². The topological polar surface area (TPSA) is 24.1 Å². The van der Waals surface area contributed by atoms with Crippen molar-refractivity contribution >= 4 is 11.4 Å². The van der Waals surface area contributed by atoms with Gasteiger partial charge in [0.2, 0.25) is 0 Å². The van der Waals surface area contributed by atoms with Crippen LogP contribution < -0.4 is 10.6 Å². The third kappa shape index (κ3) is 4.56. The lowest BCUT2D eigenvalue weighted by atomic mass is 10.2. The predicted molar refractivity (Wildman–Crippen MR) is 73.2 cm³/mol. The number of hydrogen-bond acceptors (Lipinski definition) is 2. The lowest BCUT2D eigenvalue weighted by Crippen LogP contribution is -2.07. The third-order valence-electron chi connectivity index (χ3n) is 2.62. The van der Waals surface area contributed by atoms with Crippen molar-refractivity contribution in [2.24, 2.45) is 0 Å². The van der Waals surface area contributed by atoms with Gasteiger partial charge in [-0.25, -0.2) is 0 Å². The van der Waals surface area contributed by atoms with Gasteiger partial charge in [-0.3, -0.25) is 0 Å². The van der Waals surface area contributed by atoms with Crippen LogP contribution in [-0.2, 0) is 0 Å². The number of para-hydroxylation sites is 2. The Balaban J connectivity index is 2.46. The molecular weight excluding hydrogens is 196 g/mol. The molecule has 1 aromatic rings. The molecular formula is C14H24N2. The highest BCUT2D eigenvalue weighted by molar-refractivity contribution is 5.68. The van der Waals surface area contributed by atoms with E-state index in [2.05, 4.69) is 48.7 Å². The van der Waals surface area contributed by atoms with E-state index in [9.17, 15) is 0 Å². The maximum Gasteiger partial charge on any atom is 0.0575 e. The molecule has 16 heavy (non-hydrogen) atoms. The summed E-state index contributed by atoms with van der Waals surface area (Å²) in [5.74, 6) is 0. The van der Waals surface area contributed by atoms with Crippen LogP contribution in [0, 0.1) is 0 Å². The van der Waals surface area contributed by atoms with Crippen molar-refractivity contribution in [3.8, 4) is 0 Å². The van der Waals surface area contributed by atoms with Gasteiger partial charge in [0, 0.05) is 13.1 Å². The standard InChI is InChI=1S/C14H24N2/c1-3-5-11-15-13-9-7-8-10-14(13)16-12-6-4-2/h7-10,15-16H,3-6,11-12H2,1-2H3. The summed E-state index contributed by atoms with van der Waals surface area (Å²) < 4.78 is 0. The first-order valence-electron chi connectivity index (χ1n) is 6.45. The highest BCUT2D eigenvalue weighted by atomic mass is 14.9. The molecule has 0 aliphatic rings. The first-order valence-corrected chi connectivity index (χ1v) is 6.45. The molecule has 0 atom stereocenters. The van der Waals surface area contributed by atoms with E-state index in [1.807, 2.05) is 0 Å². The van der Waals surface area contributed by atoms with Crippen molar-refractivity contribution in [3.63, 3.8) is 0 Å². The average molecular weight is 220 g/mol. The van der Waals surface area contributed by atoms with E-state index in [1.54, 1.807) is 0 Å². The second-order valence-electron chi connectivity index (χ2n) is 4.11. The molecule has 0 aromatic heterocycles. The van der Waals surface area contributed by atoms with Crippen molar-refractivity contribution in [1.82, 2.24) is 0 Å². The van der Waals surface area contributed by atoms with Crippen LogP contribution in [-0.4, -0.2) is 13.1 Å². The van der Waals surface area contributed by atoms with Crippen LogP contribution in [0.1, 0.15) is 39.5 Å². The Kier molecular flexibility index (Phi) is 6.47. The smallest absolute Gasteiger partial charge is 0.0575 e. The molecule has 2 heteroatoms. The Morgan fingerprint density at radius 1 is 0.812 bits per heavy atom. The average Bonchev–Trinajstić information content (AvgIpc) is 2.32. The van der Waals surface area contributed by atoms with Gasteiger partial charge in [0.1, 0.15) is 0 Å². The molecule has 1 aromatic carbocycles. The highest BCUT2D eigenvalue weighted by Gasteiger charge is 1.99. The van der Waals surface area contributed by atoms with Crippen molar-refractivity contribution in [2.75, 3.05) is 23.7 Å². The molecule has 90 valence electrons. The van der Waals surface area contributed by atoms with Gasteiger partial charge < -0.3 is 10.6 Å². The lowest BCUT2D eigenvalue weighted by Gasteiger charge is -2.13. The monoisotopic (exact) mass is 220 g/mol. The van der Waals surface area contributed by atoms with Gasteiger partial charge in [-0.15, -0.1) is 0 Å². The van der Waals surface area contributed by atoms with Gasteiger partial charge in [-0.1, -0.05) is 38.8 Å². The summed E-state index contributed by atoms with van der Waals surface area (Å²) in [6.07, 6.45) is 4.92. The van der Waals surface area contributed by atoms with E-state index in [-0.39, 0.29) is 0 Å². The largest absolute Gasteiger partial charge is 0.383 e. The predicted octanol–water partition coefficient (Wildman–Crippen LogP) is 4.11. The van der Waals surface area contributed by atoms with E-state index in [1.165, 1.54) is 37.1 Å². The Bertz CT molecular complexity index is 255. The van der Waals surface area contributed by atoms with E-state index in [4.69, 9.17) is 0 Å². The zero-order chi connectivity index (χ0) is 11.6. The Morgan fingerprint density at radius 3 is 1.62 bits per heavy atom. The van der Waals surface area contributed by atoms with Gasteiger partial charge in [-0.2, -0.15) is 0 Å². The second-order valence-corrected chi connectivity index (χ2v) is 4.11. The number of rotatable bonds is 8. The molecule has 0 bridgehead atoms. The molecule has 0 fully saturated rings. The van der Waals surface area contributed by atoms with Crippen LogP contribution in [0.25, 0.3) is 0 Å². The molecule has 0 radical (unpaired) electrons. The minimum absolute atomic E-state index is 1.06. The summed E-state index contributed by atoms with van der Waals surface area (Å²) in [6.45, 7) is 6.55. The quantitative estimate of drug-likeness (QED) is 0.644. The number of nitrogens with one attached hydrogen (secondary N) is 2. The number of hydrogen-bond donors (Lipinski definition) is 2. The minimum atomic E-state index is 1.06. The molecule has 0 saturated heterocycles. The van der Waals surface area contributed by atoms with Crippen LogP contribution in [0.15, 0.2) is 24.3 Å². The first kappa shape index (κ1) is 12.9. The summed E-state index contributed by atoms with van der Waals surface area (Å²) in [6, 6.07) is 8.45. The highest BCUT2D eigenvalue weighted by Crippen LogP contribution is 2.20. The number of benzene rings is 1. The molecule has 0 aliphatic carbocycles. The van der Waals surface area contributed by atoms with Gasteiger partial charge in [0.15, 0.2) is 0 Å². The molecule has 0 spiro atoms. The van der Waals surface area contributed by atoms with Gasteiger partial charge in [-0.05, 0) is 25.0 Å². The Labute approximate surface area is 99.5 Å². The van der Waals surface area contributed by atoms with Crippen molar-refractivity contribution in [1.29, 1.82) is 0 Å². The molecule has 2 nitrogen and oxygen atoms in total. The fourth-order valence-electron chi connectivity index (χ4n) is 1.59. The zero-order valence-corrected chi connectivity index (χ0v) is 10.6. The number of anilines is 2. The van der Waals surface area contributed by atoms with Crippen LogP contribution in [0.5, 0.6) is 0 Å². The van der Waals surface area contributed by atoms with Gasteiger partial charge in [0.05, 0.1) is 11.4 Å². The summed E-state index contributed by atoms with van der Waals surface area (Å²) in [4.78, 5) is 0. The van der Waals surface area contributed by atoms with Crippen LogP contribution in [0.2, 0.25) is 0 Å². The van der Waals surface area contributed by atoms with E-state index in [0.717, 1.165) is 13.1 Å². The summed E-state index contributed by atoms with van der Waals surface area (Å²) in [7, 11) is 0. The van der Waals surface area contributed by atoms with Gasteiger partial charge >= 0.3 is 0 Å².